The van der Waals surface area contributed by atoms with E-state index in [0.717, 1.165) is 6.07 Å². The molecule has 0 heterocycles. The minimum Gasteiger partial charge on any atom is -0.396 e. The van der Waals surface area contributed by atoms with E-state index in [2.05, 4.69) is 4.72 Å². The molecule has 1 aromatic carbocycles. The second-order valence-corrected chi connectivity index (χ2v) is 7.70. The van der Waals surface area contributed by atoms with E-state index >= 15 is 0 Å². The molecule has 0 aliphatic carbocycles. The molecule has 0 saturated carbocycles. The van der Waals surface area contributed by atoms with E-state index in [4.69, 9.17) is 16.7 Å². The van der Waals surface area contributed by atoms with Crippen LogP contribution in [0.3, 0.4) is 0 Å². The maximum Gasteiger partial charge on any atom is 0.215 e. The van der Waals surface area contributed by atoms with Crippen LogP contribution >= 0.6 is 11.6 Å². The lowest BCUT2D eigenvalue weighted by Gasteiger charge is -2.23. The summed E-state index contributed by atoms with van der Waals surface area (Å²) in [6, 6.07) is 3.81. The zero-order chi connectivity index (χ0) is 15.4. The van der Waals surface area contributed by atoms with E-state index in [-0.39, 0.29) is 29.2 Å². The number of nitrogens with one attached hydrogen (secondary N) is 1. The van der Waals surface area contributed by atoms with Gasteiger partial charge >= 0.3 is 0 Å². The fourth-order valence-corrected chi connectivity index (χ4v) is 3.14. The van der Waals surface area contributed by atoms with Gasteiger partial charge in [0.2, 0.25) is 10.0 Å². The van der Waals surface area contributed by atoms with Crippen molar-refractivity contribution in [1.29, 1.82) is 0 Å². The maximum absolute atomic E-state index is 13.5. The van der Waals surface area contributed by atoms with Gasteiger partial charge in [0.05, 0.1) is 5.75 Å². The predicted octanol–water partition coefficient (Wildman–Crippen LogP) is 2.31. The van der Waals surface area contributed by atoms with Crippen molar-refractivity contribution in [2.75, 3.05) is 13.2 Å². The number of aliphatic hydroxyl groups excluding tert-OH is 1. The largest absolute Gasteiger partial charge is 0.396 e. The van der Waals surface area contributed by atoms with Gasteiger partial charge < -0.3 is 5.11 Å². The van der Waals surface area contributed by atoms with Crippen LogP contribution in [0.25, 0.3) is 0 Å². The van der Waals surface area contributed by atoms with Gasteiger partial charge in [-0.05, 0) is 30.0 Å². The Morgan fingerprint density at radius 3 is 2.65 bits per heavy atom. The summed E-state index contributed by atoms with van der Waals surface area (Å²) >= 11 is 5.73. The average molecular weight is 324 g/mol. The lowest BCUT2D eigenvalue weighted by molar-refractivity contribution is 0.213. The average Bonchev–Trinajstić information content (AvgIpc) is 2.31. The highest BCUT2D eigenvalue weighted by Crippen LogP contribution is 2.20. The SMILES string of the molecule is CC(C)(CCO)CNS(=O)(=O)Cc1cc(Cl)ccc1F. The summed E-state index contributed by atoms with van der Waals surface area (Å²) in [5.41, 5.74) is -0.334. The molecule has 20 heavy (non-hydrogen) atoms. The third kappa shape index (κ3) is 5.75. The first-order valence-electron chi connectivity index (χ1n) is 6.17. The number of hydrogen-bond acceptors (Lipinski definition) is 3. The van der Waals surface area contributed by atoms with Gasteiger partial charge in [-0.3, -0.25) is 0 Å². The highest BCUT2D eigenvalue weighted by molar-refractivity contribution is 7.88. The molecule has 0 saturated heterocycles. The number of hydrogen-bond donors (Lipinski definition) is 2. The number of halogens is 2. The van der Waals surface area contributed by atoms with Crippen LogP contribution in [-0.4, -0.2) is 26.7 Å². The van der Waals surface area contributed by atoms with Gasteiger partial charge in [0.1, 0.15) is 5.82 Å². The minimum atomic E-state index is -3.66. The molecule has 0 fully saturated rings. The predicted molar refractivity (Wildman–Crippen MR) is 77.5 cm³/mol. The van der Waals surface area contributed by atoms with Crippen LogP contribution < -0.4 is 4.72 Å². The second kappa shape index (κ2) is 6.85. The monoisotopic (exact) mass is 323 g/mol. The fraction of sp³-hybridized carbons (Fsp3) is 0.538. The molecule has 0 bridgehead atoms. The number of aliphatic hydroxyl groups is 1. The molecule has 114 valence electrons. The Balaban J connectivity index is 2.73. The number of rotatable bonds is 7. The van der Waals surface area contributed by atoms with Crippen LogP contribution in [0, 0.1) is 11.2 Å². The summed E-state index contributed by atoms with van der Waals surface area (Å²) in [6.45, 7) is 3.84. The third-order valence-electron chi connectivity index (χ3n) is 2.91. The normalized spacial score (nSPS) is 12.7. The lowest BCUT2D eigenvalue weighted by Crippen LogP contribution is -2.35. The molecule has 4 nitrogen and oxygen atoms in total. The first-order chi connectivity index (χ1) is 9.15. The van der Waals surface area contributed by atoms with E-state index in [1.807, 2.05) is 13.8 Å². The summed E-state index contributed by atoms with van der Waals surface area (Å²) in [7, 11) is -3.66. The summed E-state index contributed by atoms with van der Waals surface area (Å²) in [5, 5.41) is 9.18. The van der Waals surface area contributed by atoms with E-state index in [0.29, 0.717) is 6.42 Å². The van der Waals surface area contributed by atoms with Crippen molar-refractivity contribution in [2.24, 2.45) is 5.41 Å². The summed E-state index contributed by atoms with van der Waals surface area (Å²) in [6.07, 6.45) is 0.473. The van der Waals surface area contributed by atoms with Gasteiger partial charge in [-0.1, -0.05) is 25.4 Å². The van der Waals surface area contributed by atoms with E-state index in [1.54, 1.807) is 0 Å². The zero-order valence-electron chi connectivity index (χ0n) is 11.5. The first kappa shape index (κ1) is 17.4. The quantitative estimate of drug-likeness (QED) is 0.809. The van der Waals surface area contributed by atoms with E-state index < -0.39 is 21.6 Å². The van der Waals surface area contributed by atoms with Crippen LogP contribution in [0.15, 0.2) is 18.2 Å². The van der Waals surface area contributed by atoms with Gasteiger partial charge in [-0.15, -0.1) is 0 Å². The van der Waals surface area contributed by atoms with Crippen molar-refractivity contribution in [3.05, 3.63) is 34.6 Å². The summed E-state index contributed by atoms with van der Waals surface area (Å²) in [4.78, 5) is 0. The molecular formula is C13H19ClFNO3S. The Labute approximate surface area is 124 Å². The Morgan fingerprint density at radius 2 is 2.05 bits per heavy atom. The Morgan fingerprint density at radius 1 is 1.40 bits per heavy atom. The number of sulfonamides is 1. The Kier molecular flexibility index (Phi) is 5.94. The lowest BCUT2D eigenvalue weighted by atomic mass is 9.90. The molecule has 0 atom stereocenters. The Hall–Kier alpha value is -0.690. The standard InChI is InChI=1S/C13H19ClFNO3S/c1-13(2,5-6-17)9-16-20(18,19)8-10-7-11(14)3-4-12(10)15/h3-4,7,16-17H,5-6,8-9H2,1-2H3. The van der Waals surface area contributed by atoms with Crippen LogP contribution in [0.4, 0.5) is 4.39 Å². The smallest absolute Gasteiger partial charge is 0.215 e. The first-order valence-corrected chi connectivity index (χ1v) is 8.20. The second-order valence-electron chi connectivity index (χ2n) is 5.45. The van der Waals surface area contributed by atoms with Crippen LogP contribution in [0.5, 0.6) is 0 Å². The molecule has 0 aliphatic heterocycles. The number of benzene rings is 1. The van der Waals surface area contributed by atoms with Crippen LogP contribution in [-0.2, 0) is 15.8 Å². The molecule has 0 unspecified atom stereocenters. The maximum atomic E-state index is 13.5. The highest BCUT2D eigenvalue weighted by atomic mass is 35.5. The van der Waals surface area contributed by atoms with Crippen molar-refractivity contribution in [3.63, 3.8) is 0 Å². The summed E-state index contributed by atoms with van der Waals surface area (Å²) < 4.78 is 39.8. The molecule has 0 amide bonds. The minimum absolute atomic E-state index is 0.0162. The molecule has 0 aromatic heterocycles. The van der Waals surface area contributed by atoms with Crippen molar-refractivity contribution in [3.8, 4) is 0 Å². The van der Waals surface area contributed by atoms with Gasteiger partial charge in [-0.2, -0.15) is 0 Å². The molecule has 7 heteroatoms. The molecule has 1 aromatic rings. The molecule has 2 N–H and O–H groups in total. The topological polar surface area (TPSA) is 66.4 Å². The van der Waals surface area contributed by atoms with E-state index in [1.165, 1.54) is 12.1 Å². The molecular weight excluding hydrogens is 305 g/mol. The Bertz CT molecular complexity index is 561. The third-order valence-corrected chi connectivity index (χ3v) is 4.42. The van der Waals surface area contributed by atoms with Gasteiger partial charge in [0.15, 0.2) is 0 Å². The van der Waals surface area contributed by atoms with Gasteiger partial charge in [0.25, 0.3) is 0 Å². The van der Waals surface area contributed by atoms with Crippen LogP contribution in [0.2, 0.25) is 5.02 Å². The van der Waals surface area contributed by atoms with E-state index in [9.17, 15) is 12.8 Å². The van der Waals surface area contributed by atoms with Gasteiger partial charge in [-0.25, -0.2) is 17.5 Å². The molecule has 0 aliphatic rings. The van der Waals surface area contributed by atoms with Crippen molar-refractivity contribution in [2.45, 2.75) is 26.0 Å². The van der Waals surface area contributed by atoms with Crippen LogP contribution in [0.1, 0.15) is 25.8 Å². The summed E-state index contributed by atoms with van der Waals surface area (Å²) in [5.74, 6) is -1.07. The zero-order valence-corrected chi connectivity index (χ0v) is 13.1. The molecule has 0 spiro atoms. The van der Waals surface area contributed by atoms with Crippen molar-refractivity contribution < 1.29 is 17.9 Å². The van der Waals surface area contributed by atoms with Crippen molar-refractivity contribution >= 4 is 21.6 Å². The molecule has 0 radical (unpaired) electrons. The highest BCUT2D eigenvalue weighted by Gasteiger charge is 2.22. The molecule has 1 rings (SSSR count). The van der Waals surface area contributed by atoms with Crippen molar-refractivity contribution in [1.82, 2.24) is 4.72 Å². The van der Waals surface area contributed by atoms with Gasteiger partial charge in [0, 0.05) is 23.7 Å². The fourth-order valence-electron chi connectivity index (χ4n) is 1.61.